The number of pyridine rings is 1. The molecular formula is C30H24F3N3O2. The van der Waals surface area contributed by atoms with Crippen molar-refractivity contribution in [3.8, 4) is 11.1 Å². The zero-order valence-electron chi connectivity index (χ0n) is 20.5. The van der Waals surface area contributed by atoms with Crippen LogP contribution in [-0.2, 0) is 19.1 Å². The van der Waals surface area contributed by atoms with Gasteiger partial charge in [0.05, 0.1) is 5.56 Å². The maximum atomic E-state index is 13.4. The Hall–Kier alpha value is -4.46. The van der Waals surface area contributed by atoms with Gasteiger partial charge >= 0.3 is 6.18 Å². The first kappa shape index (κ1) is 25.2. The average molecular weight is 516 g/mol. The van der Waals surface area contributed by atoms with E-state index in [9.17, 15) is 22.8 Å². The first-order chi connectivity index (χ1) is 18.2. The maximum absolute atomic E-state index is 13.4. The zero-order valence-corrected chi connectivity index (χ0v) is 20.5. The van der Waals surface area contributed by atoms with Crippen LogP contribution in [0.25, 0.3) is 11.1 Å². The van der Waals surface area contributed by atoms with Gasteiger partial charge in [-0.15, -0.1) is 0 Å². The van der Waals surface area contributed by atoms with E-state index < -0.39 is 17.6 Å². The summed E-state index contributed by atoms with van der Waals surface area (Å²) in [4.78, 5) is 32.2. The minimum Gasteiger partial charge on any atom is -0.333 e. The van der Waals surface area contributed by atoms with Gasteiger partial charge in [0.25, 0.3) is 11.8 Å². The minimum atomic E-state index is -4.58. The monoisotopic (exact) mass is 515 g/mol. The molecule has 0 unspecified atom stereocenters. The van der Waals surface area contributed by atoms with Crippen LogP contribution < -0.4 is 5.32 Å². The van der Waals surface area contributed by atoms with Gasteiger partial charge in [-0.3, -0.25) is 9.59 Å². The van der Waals surface area contributed by atoms with Crippen molar-refractivity contribution in [1.29, 1.82) is 0 Å². The Morgan fingerprint density at radius 3 is 2.42 bits per heavy atom. The summed E-state index contributed by atoms with van der Waals surface area (Å²) in [5.41, 5.74) is 3.66. The Labute approximate surface area is 218 Å². The molecular weight excluding hydrogens is 491 g/mol. The van der Waals surface area contributed by atoms with E-state index in [0.29, 0.717) is 42.0 Å². The van der Waals surface area contributed by atoms with Gasteiger partial charge in [-0.05, 0) is 72.0 Å². The predicted molar refractivity (Wildman–Crippen MR) is 139 cm³/mol. The number of hydrogen-bond donors (Lipinski definition) is 1. The van der Waals surface area contributed by atoms with Crippen molar-refractivity contribution in [2.45, 2.75) is 26.1 Å². The molecule has 8 heteroatoms. The fourth-order valence-corrected chi connectivity index (χ4v) is 4.60. The molecule has 0 spiro atoms. The highest BCUT2D eigenvalue weighted by Gasteiger charge is 2.32. The molecule has 3 aromatic carbocycles. The number of halogens is 3. The second-order valence-corrected chi connectivity index (χ2v) is 9.20. The second-order valence-electron chi connectivity index (χ2n) is 9.20. The first-order valence-corrected chi connectivity index (χ1v) is 12.1. The number of amides is 2. The van der Waals surface area contributed by atoms with Crippen LogP contribution in [0, 0.1) is 6.92 Å². The van der Waals surface area contributed by atoms with Crippen molar-refractivity contribution in [3.05, 3.63) is 119 Å². The third-order valence-electron chi connectivity index (χ3n) is 6.55. The Kier molecular flexibility index (Phi) is 6.72. The lowest BCUT2D eigenvalue weighted by atomic mass is 9.96. The summed E-state index contributed by atoms with van der Waals surface area (Å²) in [5, 5.41) is 2.77. The Bertz CT molecular complexity index is 1520. The number of aryl methyl sites for hydroxylation is 1. The fraction of sp³-hybridized carbons (Fsp3) is 0.167. The topological polar surface area (TPSA) is 62.3 Å². The SMILES string of the molecule is Cc1cccc(C(=O)N2CCc3cc(NC(=O)c4cc(C(F)(F)F)ccc4-c4ccccc4)ccc3C2)n1. The summed E-state index contributed by atoms with van der Waals surface area (Å²) in [7, 11) is 0. The molecule has 1 aliphatic rings. The Morgan fingerprint density at radius 1 is 0.895 bits per heavy atom. The molecule has 5 rings (SSSR count). The van der Waals surface area contributed by atoms with Crippen LogP contribution in [0.1, 0.15) is 43.2 Å². The van der Waals surface area contributed by atoms with Crippen LogP contribution in [0.5, 0.6) is 0 Å². The number of benzene rings is 3. The molecule has 1 aliphatic heterocycles. The van der Waals surface area contributed by atoms with Crippen LogP contribution in [0.15, 0.2) is 84.9 Å². The molecule has 0 fully saturated rings. The Morgan fingerprint density at radius 2 is 1.68 bits per heavy atom. The van der Waals surface area contributed by atoms with Gasteiger partial charge in [0.15, 0.2) is 0 Å². The molecule has 1 N–H and O–H groups in total. The lowest BCUT2D eigenvalue weighted by molar-refractivity contribution is -0.137. The minimum absolute atomic E-state index is 0.0637. The van der Waals surface area contributed by atoms with Gasteiger partial charge in [0.2, 0.25) is 0 Å². The van der Waals surface area contributed by atoms with E-state index in [-0.39, 0.29) is 11.5 Å². The molecule has 192 valence electrons. The molecule has 2 amide bonds. The fourth-order valence-electron chi connectivity index (χ4n) is 4.60. The molecule has 5 nitrogen and oxygen atoms in total. The number of nitrogens with one attached hydrogen (secondary N) is 1. The highest BCUT2D eigenvalue weighted by Crippen LogP contribution is 2.34. The molecule has 2 heterocycles. The molecule has 38 heavy (non-hydrogen) atoms. The summed E-state index contributed by atoms with van der Waals surface area (Å²) in [6.07, 6.45) is -4.00. The van der Waals surface area contributed by atoms with E-state index in [2.05, 4.69) is 10.3 Å². The van der Waals surface area contributed by atoms with Gasteiger partial charge in [-0.2, -0.15) is 13.2 Å². The van der Waals surface area contributed by atoms with Crippen LogP contribution in [0.2, 0.25) is 0 Å². The zero-order chi connectivity index (χ0) is 26.9. The van der Waals surface area contributed by atoms with Crippen LogP contribution >= 0.6 is 0 Å². The standard InChI is InChI=1S/C30H24F3N3O2/c1-19-6-5-9-27(34-19)29(38)36-15-14-21-16-24(12-10-22(21)18-36)35-28(37)26-17-23(30(31,32)33)11-13-25(26)20-7-3-2-4-8-20/h2-13,16-17H,14-15,18H2,1H3,(H,35,37). The van der Waals surface area contributed by atoms with Crippen molar-refractivity contribution in [2.24, 2.45) is 0 Å². The van der Waals surface area contributed by atoms with E-state index in [1.54, 1.807) is 53.4 Å². The van der Waals surface area contributed by atoms with Crippen LogP contribution in [0.3, 0.4) is 0 Å². The number of alkyl halides is 3. The third kappa shape index (κ3) is 5.29. The molecule has 0 aliphatic carbocycles. The predicted octanol–water partition coefficient (Wildman–Crippen LogP) is 6.53. The maximum Gasteiger partial charge on any atom is 0.416 e. The van der Waals surface area contributed by atoms with E-state index in [1.165, 1.54) is 6.07 Å². The van der Waals surface area contributed by atoms with Crippen molar-refractivity contribution >= 4 is 17.5 Å². The van der Waals surface area contributed by atoms with Crippen molar-refractivity contribution in [1.82, 2.24) is 9.88 Å². The number of anilines is 1. The van der Waals surface area contributed by atoms with E-state index in [0.717, 1.165) is 29.0 Å². The van der Waals surface area contributed by atoms with E-state index >= 15 is 0 Å². The average Bonchev–Trinajstić information content (AvgIpc) is 2.92. The van der Waals surface area contributed by atoms with Gasteiger partial charge < -0.3 is 10.2 Å². The summed E-state index contributed by atoms with van der Waals surface area (Å²) >= 11 is 0. The van der Waals surface area contributed by atoms with Crippen LogP contribution in [-0.4, -0.2) is 28.2 Å². The number of carbonyl (C=O) groups excluding carboxylic acids is 2. The number of hydrogen-bond acceptors (Lipinski definition) is 3. The number of rotatable bonds is 4. The molecule has 0 saturated carbocycles. The van der Waals surface area contributed by atoms with Gasteiger partial charge in [0.1, 0.15) is 5.69 Å². The smallest absolute Gasteiger partial charge is 0.333 e. The lowest BCUT2D eigenvalue weighted by Crippen LogP contribution is -2.36. The molecule has 0 radical (unpaired) electrons. The van der Waals surface area contributed by atoms with Gasteiger partial charge in [-0.1, -0.05) is 48.5 Å². The number of carbonyl (C=O) groups is 2. The molecule has 1 aromatic heterocycles. The lowest BCUT2D eigenvalue weighted by Gasteiger charge is -2.29. The first-order valence-electron chi connectivity index (χ1n) is 12.1. The highest BCUT2D eigenvalue weighted by atomic mass is 19.4. The highest BCUT2D eigenvalue weighted by molar-refractivity contribution is 6.09. The summed E-state index contributed by atoms with van der Waals surface area (Å²) < 4.78 is 40.3. The number of aromatic nitrogens is 1. The Balaban J connectivity index is 1.38. The quantitative estimate of drug-likeness (QED) is 0.336. The summed E-state index contributed by atoms with van der Waals surface area (Å²) in [6.45, 7) is 2.73. The van der Waals surface area contributed by atoms with Gasteiger partial charge in [0, 0.05) is 30.0 Å². The van der Waals surface area contributed by atoms with Crippen molar-refractivity contribution in [2.75, 3.05) is 11.9 Å². The summed E-state index contributed by atoms with van der Waals surface area (Å²) in [5.74, 6) is -0.775. The third-order valence-corrected chi connectivity index (χ3v) is 6.55. The molecule has 0 atom stereocenters. The number of nitrogens with zero attached hydrogens (tertiary/aromatic N) is 2. The molecule has 4 aromatic rings. The van der Waals surface area contributed by atoms with Gasteiger partial charge in [-0.25, -0.2) is 4.98 Å². The summed E-state index contributed by atoms with van der Waals surface area (Å²) in [6, 6.07) is 22.7. The second kappa shape index (κ2) is 10.1. The van der Waals surface area contributed by atoms with E-state index in [4.69, 9.17) is 0 Å². The van der Waals surface area contributed by atoms with Crippen molar-refractivity contribution < 1.29 is 22.8 Å². The number of fused-ring (bicyclic) bond motifs is 1. The molecule has 0 bridgehead atoms. The van der Waals surface area contributed by atoms with Crippen LogP contribution in [0.4, 0.5) is 18.9 Å². The van der Waals surface area contributed by atoms with E-state index in [1.807, 2.05) is 25.1 Å². The van der Waals surface area contributed by atoms with Crippen molar-refractivity contribution in [3.63, 3.8) is 0 Å². The largest absolute Gasteiger partial charge is 0.416 e. The molecule has 0 saturated heterocycles. The normalized spacial score (nSPS) is 13.1.